The van der Waals surface area contributed by atoms with Crippen LogP contribution in [0, 0.1) is 13.8 Å². The molecule has 1 fully saturated rings. The Hall–Kier alpha value is -1.84. The number of carbonyl (C=O) groups is 2. The first-order valence-electron chi connectivity index (χ1n) is 7.98. The van der Waals surface area contributed by atoms with Gasteiger partial charge in [-0.3, -0.25) is 4.79 Å². The number of ether oxygens (including phenoxy) is 1. The van der Waals surface area contributed by atoms with E-state index in [-0.39, 0.29) is 17.9 Å². The lowest BCUT2D eigenvalue weighted by Gasteiger charge is -2.27. The summed E-state index contributed by atoms with van der Waals surface area (Å²) in [6.07, 6.45) is 1.88. The van der Waals surface area contributed by atoms with Gasteiger partial charge in [0.05, 0.1) is 13.0 Å². The Balaban J connectivity index is 2.13. The van der Waals surface area contributed by atoms with Crippen LogP contribution in [-0.2, 0) is 20.7 Å². The molecule has 0 aliphatic carbocycles. The van der Waals surface area contributed by atoms with E-state index in [0.717, 1.165) is 17.5 Å². The van der Waals surface area contributed by atoms with Gasteiger partial charge in [-0.15, -0.1) is 0 Å². The average Bonchev–Trinajstić information content (AvgIpc) is 2.84. The van der Waals surface area contributed by atoms with E-state index in [0.29, 0.717) is 19.4 Å². The van der Waals surface area contributed by atoms with Crippen molar-refractivity contribution in [1.29, 1.82) is 0 Å². The van der Waals surface area contributed by atoms with E-state index in [2.05, 4.69) is 6.07 Å². The Morgan fingerprint density at radius 3 is 2.64 bits per heavy atom. The van der Waals surface area contributed by atoms with E-state index in [9.17, 15) is 9.59 Å². The van der Waals surface area contributed by atoms with Gasteiger partial charge in [-0.2, -0.15) is 0 Å². The lowest BCUT2D eigenvalue weighted by molar-refractivity contribution is -0.153. The van der Waals surface area contributed by atoms with Crippen molar-refractivity contribution in [3.8, 4) is 0 Å². The molecule has 4 nitrogen and oxygen atoms in total. The summed E-state index contributed by atoms with van der Waals surface area (Å²) in [6, 6.07) is 5.77. The van der Waals surface area contributed by atoms with Crippen LogP contribution in [0.2, 0.25) is 0 Å². The van der Waals surface area contributed by atoms with Crippen molar-refractivity contribution >= 4 is 11.9 Å². The number of amides is 1. The zero-order valence-electron chi connectivity index (χ0n) is 13.9. The van der Waals surface area contributed by atoms with Crippen molar-refractivity contribution in [2.75, 3.05) is 6.61 Å². The summed E-state index contributed by atoms with van der Waals surface area (Å²) < 4.78 is 5.11. The highest BCUT2D eigenvalue weighted by Gasteiger charge is 2.39. The van der Waals surface area contributed by atoms with Crippen molar-refractivity contribution in [3.05, 3.63) is 34.9 Å². The molecule has 2 atom stereocenters. The highest BCUT2D eigenvalue weighted by molar-refractivity contribution is 5.86. The Morgan fingerprint density at radius 1 is 1.27 bits per heavy atom. The maximum Gasteiger partial charge on any atom is 0.328 e. The molecule has 1 heterocycles. The molecule has 0 N–H and O–H groups in total. The number of likely N-dealkylation sites (tertiary alicyclic amines) is 1. The third-order valence-corrected chi connectivity index (χ3v) is 4.35. The number of benzene rings is 1. The van der Waals surface area contributed by atoms with Crippen molar-refractivity contribution in [2.24, 2.45) is 0 Å². The van der Waals surface area contributed by atoms with E-state index in [4.69, 9.17) is 4.74 Å². The standard InChI is InChI=1S/C18H25NO3/c1-5-22-18(21)16-9-7-14(4)19(16)17(20)11-15-8-6-12(2)10-13(15)3/h6,8,10,14,16H,5,7,9,11H2,1-4H3. The van der Waals surface area contributed by atoms with Gasteiger partial charge in [0, 0.05) is 6.04 Å². The molecular formula is C18H25NO3. The van der Waals surface area contributed by atoms with Gasteiger partial charge in [0.15, 0.2) is 0 Å². The molecule has 1 aromatic carbocycles. The molecule has 0 radical (unpaired) electrons. The first kappa shape index (κ1) is 16.5. The van der Waals surface area contributed by atoms with E-state index < -0.39 is 6.04 Å². The van der Waals surface area contributed by atoms with Gasteiger partial charge in [-0.1, -0.05) is 23.8 Å². The van der Waals surface area contributed by atoms with E-state index in [1.807, 2.05) is 32.9 Å². The molecule has 4 heteroatoms. The van der Waals surface area contributed by atoms with Gasteiger partial charge in [-0.25, -0.2) is 4.79 Å². The van der Waals surface area contributed by atoms with Gasteiger partial charge >= 0.3 is 5.97 Å². The average molecular weight is 303 g/mol. The molecule has 1 amide bonds. The largest absolute Gasteiger partial charge is 0.464 e. The minimum atomic E-state index is -0.423. The first-order valence-corrected chi connectivity index (χ1v) is 7.98. The molecule has 0 aromatic heterocycles. The normalized spacial score (nSPS) is 21.0. The molecule has 2 unspecified atom stereocenters. The number of aryl methyl sites for hydroxylation is 2. The third kappa shape index (κ3) is 3.49. The maximum absolute atomic E-state index is 12.7. The van der Waals surface area contributed by atoms with Crippen molar-refractivity contribution in [2.45, 2.75) is 59.0 Å². The van der Waals surface area contributed by atoms with Crippen LogP contribution in [-0.4, -0.2) is 35.5 Å². The molecule has 0 saturated carbocycles. The molecule has 2 rings (SSSR count). The first-order chi connectivity index (χ1) is 10.4. The molecule has 1 aliphatic heterocycles. The van der Waals surface area contributed by atoms with Gasteiger partial charge in [0.25, 0.3) is 0 Å². The Labute approximate surface area is 132 Å². The summed E-state index contributed by atoms with van der Waals surface area (Å²) >= 11 is 0. The van der Waals surface area contributed by atoms with Crippen LogP contribution in [0.15, 0.2) is 18.2 Å². The zero-order chi connectivity index (χ0) is 16.3. The van der Waals surface area contributed by atoms with Gasteiger partial charge in [0.2, 0.25) is 5.91 Å². The summed E-state index contributed by atoms with van der Waals surface area (Å²) in [6.45, 7) is 8.20. The lowest BCUT2D eigenvalue weighted by Crippen LogP contribution is -2.45. The van der Waals surface area contributed by atoms with Crippen LogP contribution in [0.1, 0.15) is 43.4 Å². The molecule has 120 valence electrons. The van der Waals surface area contributed by atoms with Crippen LogP contribution >= 0.6 is 0 Å². The number of hydrogen-bond donors (Lipinski definition) is 0. The summed E-state index contributed by atoms with van der Waals surface area (Å²) in [5, 5.41) is 0. The monoisotopic (exact) mass is 303 g/mol. The van der Waals surface area contributed by atoms with Gasteiger partial charge < -0.3 is 9.64 Å². The number of carbonyl (C=O) groups excluding carboxylic acids is 2. The number of nitrogens with zero attached hydrogens (tertiary/aromatic N) is 1. The second kappa shape index (κ2) is 6.95. The Morgan fingerprint density at radius 2 is 2.00 bits per heavy atom. The van der Waals surface area contributed by atoms with E-state index in [1.165, 1.54) is 5.56 Å². The predicted octanol–water partition coefficient (Wildman–Crippen LogP) is 2.79. The fraction of sp³-hybridized carbons (Fsp3) is 0.556. The number of hydrogen-bond acceptors (Lipinski definition) is 3. The molecule has 1 aliphatic rings. The van der Waals surface area contributed by atoms with Crippen LogP contribution < -0.4 is 0 Å². The third-order valence-electron chi connectivity index (χ3n) is 4.35. The molecule has 1 saturated heterocycles. The highest BCUT2D eigenvalue weighted by atomic mass is 16.5. The summed E-state index contributed by atoms with van der Waals surface area (Å²) in [7, 11) is 0. The topological polar surface area (TPSA) is 46.6 Å². The van der Waals surface area contributed by atoms with Crippen LogP contribution in [0.5, 0.6) is 0 Å². The minimum Gasteiger partial charge on any atom is -0.464 e. The Kier molecular flexibility index (Phi) is 5.22. The molecule has 0 spiro atoms. The quantitative estimate of drug-likeness (QED) is 0.804. The molecule has 22 heavy (non-hydrogen) atoms. The second-order valence-corrected chi connectivity index (χ2v) is 6.10. The lowest BCUT2D eigenvalue weighted by atomic mass is 10.0. The second-order valence-electron chi connectivity index (χ2n) is 6.10. The Bertz CT molecular complexity index is 567. The van der Waals surface area contributed by atoms with Crippen molar-refractivity contribution in [1.82, 2.24) is 4.90 Å². The summed E-state index contributed by atoms with van der Waals surface area (Å²) in [4.78, 5) is 26.5. The summed E-state index contributed by atoms with van der Waals surface area (Å²) in [5.41, 5.74) is 3.33. The van der Waals surface area contributed by atoms with Crippen LogP contribution in [0.3, 0.4) is 0 Å². The smallest absolute Gasteiger partial charge is 0.328 e. The maximum atomic E-state index is 12.7. The fourth-order valence-electron chi connectivity index (χ4n) is 3.17. The van der Waals surface area contributed by atoms with Gasteiger partial charge in [-0.05, 0) is 51.7 Å². The minimum absolute atomic E-state index is 0.00926. The highest BCUT2D eigenvalue weighted by Crippen LogP contribution is 2.26. The van der Waals surface area contributed by atoms with Crippen molar-refractivity contribution in [3.63, 3.8) is 0 Å². The SMILES string of the molecule is CCOC(=O)C1CCC(C)N1C(=O)Cc1ccc(C)cc1C. The molecule has 1 aromatic rings. The zero-order valence-corrected chi connectivity index (χ0v) is 13.9. The van der Waals surface area contributed by atoms with Gasteiger partial charge in [0.1, 0.15) is 6.04 Å². The summed E-state index contributed by atoms with van der Waals surface area (Å²) in [5.74, 6) is -0.268. The fourth-order valence-corrected chi connectivity index (χ4v) is 3.17. The van der Waals surface area contributed by atoms with Crippen molar-refractivity contribution < 1.29 is 14.3 Å². The number of rotatable bonds is 4. The van der Waals surface area contributed by atoms with E-state index in [1.54, 1.807) is 11.8 Å². The number of esters is 1. The van der Waals surface area contributed by atoms with Crippen LogP contribution in [0.25, 0.3) is 0 Å². The molecule has 0 bridgehead atoms. The van der Waals surface area contributed by atoms with Crippen LogP contribution in [0.4, 0.5) is 0 Å². The molecular weight excluding hydrogens is 278 g/mol. The predicted molar refractivity (Wildman–Crippen MR) is 85.6 cm³/mol. The van der Waals surface area contributed by atoms with E-state index >= 15 is 0 Å².